The van der Waals surface area contributed by atoms with Gasteiger partial charge in [-0.2, -0.15) is 0 Å². The maximum Gasteiger partial charge on any atom is 0.325 e. The molecule has 0 heterocycles. The molecule has 1 N–H and O–H groups in total. The third-order valence-electron chi connectivity index (χ3n) is 4.14. The van der Waals surface area contributed by atoms with E-state index in [1.54, 1.807) is 24.3 Å². The molecule has 0 spiro atoms. The topological polar surface area (TPSA) is 72.5 Å². The van der Waals surface area contributed by atoms with Crippen molar-refractivity contribution in [1.82, 2.24) is 5.32 Å². The van der Waals surface area contributed by atoms with Crippen LogP contribution >= 0.6 is 0 Å². The molecule has 0 atom stereocenters. The first-order valence-corrected chi connectivity index (χ1v) is 8.55. The number of carbonyl (C=O) groups excluding carboxylic acids is 3. The molecule has 0 fully saturated rings. The number of ketones is 1. The van der Waals surface area contributed by atoms with Gasteiger partial charge < -0.3 is 10.1 Å². The Kier molecular flexibility index (Phi) is 5.61. The lowest BCUT2D eigenvalue weighted by Gasteiger charge is -2.07. The second-order valence-electron chi connectivity index (χ2n) is 6.19. The van der Waals surface area contributed by atoms with E-state index in [0.717, 1.165) is 16.3 Å². The first kappa shape index (κ1) is 18.3. The van der Waals surface area contributed by atoms with Crippen molar-refractivity contribution in [2.24, 2.45) is 0 Å². The summed E-state index contributed by atoms with van der Waals surface area (Å²) < 4.78 is 4.97. The minimum absolute atomic E-state index is 0.293. The number of fused-ring (bicyclic) bond motifs is 1. The van der Waals surface area contributed by atoms with Crippen molar-refractivity contribution in [3.63, 3.8) is 0 Å². The summed E-state index contributed by atoms with van der Waals surface area (Å²) in [7, 11) is 0. The van der Waals surface area contributed by atoms with Gasteiger partial charge in [0, 0.05) is 11.1 Å². The second kappa shape index (κ2) is 8.27. The van der Waals surface area contributed by atoms with Crippen LogP contribution in [0.4, 0.5) is 0 Å². The first-order chi connectivity index (χ1) is 13.0. The van der Waals surface area contributed by atoms with Gasteiger partial charge >= 0.3 is 5.97 Å². The highest BCUT2D eigenvalue weighted by atomic mass is 16.5. The Balaban J connectivity index is 1.49. The van der Waals surface area contributed by atoms with Crippen LogP contribution in [0.1, 0.15) is 26.3 Å². The zero-order chi connectivity index (χ0) is 19.2. The fourth-order valence-corrected chi connectivity index (χ4v) is 2.60. The number of Topliss-reactive ketones (excluding diaryl/α,β-unsaturated/α-hetero) is 1. The maximum atomic E-state index is 12.2. The summed E-state index contributed by atoms with van der Waals surface area (Å²) in [5, 5.41) is 4.46. The molecule has 1 amide bonds. The molecule has 3 rings (SSSR count). The Bertz CT molecular complexity index is 993. The molecule has 0 saturated heterocycles. The molecule has 136 valence electrons. The summed E-state index contributed by atoms with van der Waals surface area (Å²) in [6.45, 7) is 1.26. The number of hydrogen-bond acceptors (Lipinski definition) is 4. The lowest BCUT2D eigenvalue weighted by Crippen LogP contribution is -2.31. The van der Waals surface area contributed by atoms with Gasteiger partial charge in [0.25, 0.3) is 5.91 Å². The number of hydrogen-bond donors (Lipinski definition) is 1. The summed E-state index contributed by atoms with van der Waals surface area (Å²) in [6.07, 6.45) is 0. The summed E-state index contributed by atoms with van der Waals surface area (Å²) in [5.41, 5.74) is 1.98. The van der Waals surface area contributed by atoms with Gasteiger partial charge in [-0.05, 0) is 35.9 Å². The van der Waals surface area contributed by atoms with Crippen LogP contribution in [0.15, 0.2) is 66.7 Å². The molecule has 27 heavy (non-hydrogen) atoms. The van der Waals surface area contributed by atoms with Crippen molar-refractivity contribution >= 4 is 28.4 Å². The highest BCUT2D eigenvalue weighted by Crippen LogP contribution is 2.16. The van der Waals surface area contributed by atoms with Crippen LogP contribution in [0.5, 0.6) is 0 Å². The van der Waals surface area contributed by atoms with Crippen molar-refractivity contribution in [2.75, 3.05) is 13.2 Å². The van der Waals surface area contributed by atoms with Crippen molar-refractivity contribution in [2.45, 2.75) is 6.92 Å². The van der Waals surface area contributed by atoms with Crippen LogP contribution in [0.2, 0.25) is 0 Å². The van der Waals surface area contributed by atoms with Crippen LogP contribution in [0, 0.1) is 6.92 Å². The fraction of sp³-hybridized carbons (Fsp3) is 0.136. The van der Waals surface area contributed by atoms with E-state index in [2.05, 4.69) is 5.32 Å². The van der Waals surface area contributed by atoms with Gasteiger partial charge in [-0.15, -0.1) is 0 Å². The van der Waals surface area contributed by atoms with Crippen molar-refractivity contribution in [3.05, 3.63) is 83.4 Å². The number of rotatable bonds is 6. The molecule has 0 unspecified atom stereocenters. The maximum absolute atomic E-state index is 12.2. The third kappa shape index (κ3) is 4.79. The van der Waals surface area contributed by atoms with Gasteiger partial charge in [-0.3, -0.25) is 14.4 Å². The molecule has 5 heteroatoms. The van der Waals surface area contributed by atoms with E-state index < -0.39 is 5.97 Å². The van der Waals surface area contributed by atoms with Crippen molar-refractivity contribution < 1.29 is 19.1 Å². The minimum atomic E-state index is -0.662. The predicted molar refractivity (Wildman–Crippen MR) is 103 cm³/mol. The number of ether oxygens (including phenoxy) is 1. The molecule has 5 nitrogen and oxygen atoms in total. The molecule has 3 aromatic rings. The largest absolute Gasteiger partial charge is 0.456 e. The predicted octanol–water partition coefficient (Wildman–Crippen LogP) is 3.30. The average Bonchev–Trinajstić information content (AvgIpc) is 2.70. The normalized spacial score (nSPS) is 10.4. The third-order valence-corrected chi connectivity index (χ3v) is 4.14. The van der Waals surface area contributed by atoms with Crippen molar-refractivity contribution in [1.29, 1.82) is 0 Å². The van der Waals surface area contributed by atoms with E-state index in [9.17, 15) is 14.4 Å². The van der Waals surface area contributed by atoms with E-state index in [1.165, 1.54) is 0 Å². The van der Waals surface area contributed by atoms with E-state index in [-0.39, 0.29) is 24.8 Å². The van der Waals surface area contributed by atoms with E-state index in [1.807, 2.05) is 49.4 Å². The number of carbonyl (C=O) groups is 3. The Labute approximate surface area is 157 Å². The molecule has 3 aromatic carbocycles. The molecule has 0 aromatic heterocycles. The fourth-order valence-electron chi connectivity index (χ4n) is 2.60. The van der Waals surface area contributed by atoms with E-state index in [0.29, 0.717) is 11.1 Å². The van der Waals surface area contributed by atoms with Crippen LogP contribution < -0.4 is 5.32 Å². The SMILES string of the molecule is Cc1ccc(C(=O)NCC(=O)OCC(=O)c2ccc3ccccc3c2)cc1. The zero-order valence-electron chi connectivity index (χ0n) is 14.9. The van der Waals surface area contributed by atoms with Gasteiger partial charge in [-0.25, -0.2) is 0 Å². The Hall–Kier alpha value is -3.47. The van der Waals surface area contributed by atoms with E-state index in [4.69, 9.17) is 4.74 Å². The van der Waals surface area contributed by atoms with E-state index >= 15 is 0 Å². The van der Waals surface area contributed by atoms with Gasteiger partial charge in [0.15, 0.2) is 12.4 Å². The zero-order valence-corrected chi connectivity index (χ0v) is 14.9. The Morgan fingerprint density at radius 3 is 2.26 bits per heavy atom. The van der Waals surface area contributed by atoms with Gasteiger partial charge in [-0.1, -0.05) is 54.1 Å². The number of amides is 1. The quantitative estimate of drug-likeness (QED) is 0.540. The Morgan fingerprint density at radius 2 is 1.52 bits per heavy atom. The Morgan fingerprint density at radius 1 is 0.852 bits per heavy atom. The lowest BCUT2D eigenvalue weighted by molar-refractivity contribution is -0.141. The molecule has 0 aliphatic heterocycles. The smallest absolute Gasteiger partial charge is 0.325 e. The van der Waals surface area contributed by atoms with Crippen LogP contribution in [0.3, 0.4) is 0 Å². The van der Waals surface area contributed by atoms with Crippen LogP contribution in [-0.2, 0) is 9.53 Å². The van der Waals surface area contributed by atoms with Gasteiger partial charge in [0.2, 0.25) is 0 Å². The summed E-state index contributed by atoms with van der Waals surface area (Å²) in [6, 6.07) is 20.0. The highest BCUT2D eigenvalue weighted by molar-refractivity contribution is 6.01. The summed E-state index contributed by atoms with van der Waals surface area (Å²) in [5.74, 6) is -1.32. The minimum Gasteiger partial charge on any atom is -0.456 e. The number of esters is 1. The standard InChI is InChI=1S/C22H19NO4/c1-15-6-8-17(9-7-15)22(26)23-13-21(25)27-14-20(24)19-11-10-16-4-2-3-5-18(16)12-19/h2-12H,13-14H2,1H3,(H,23,26). The van der Waals surface area contributed by atoms with Crippen LogP contribution in [-0.4, -0.2) is 30.8 Å². The summed E-state index contributed by atoms with van der Waals surface area (Å²) >= 11 is 0. The molecule has 0 aliphatic rings. The molecule has 0 radical (unpaired) electrons. The number of aryl methyl sites for hydroxylation is 1. The van der Waals surface area contributed by atoms with Gasteiger partial charge in [0.1, 0.15) is 6.54 Å². The van der Waals surface area contributed by atoms with Gasteiger partial charge in [0.05, 0.1) is 0 Å². The number of nitrogens with one attached hydrogen (secondary N) is 1. The average molecular weight is 361 g/mol. The number of benzene rings is 3. The highest BCUT2D eigenvalue weighted by Gasteiger charge is 2.12. The second-order valence-corrected chi connectivity index (χ2v) is 6.19. The molecule has 0 saturated carbocycles. The summed E-state index contributed by atoms with van der Waals surface area (Å²) in [4.78, 5) is 36.0. The molecule has 0 aliphatic carbocycles. The first-order valence-electron chi connectivity index (χ1n) is 8.55. The lowest BCUT2D eigenvalue weighted by atomic mass is 10.0. The molecular weight excluding hydrogens is 342 g/mol. The van der Waals surface area contributed by atoms with Crippen LogP contribution in [0.25, 0.3) is 10.8 Å². The molecular formula is C22H19NO4. The molecule has 0 bridgehead atoms. The monoisotopic (exact) mass is 361 g/mol. The van der Waals surface area contributed by atoms with Crippen molar-refractivity contribution in [3.8, 4) is 0 Å².